The Morgan fingerprint density at radius 1 is 1.10 bits per heavy atom. The van der Waals surface area contributed by atoms with Crippen LogP contribution in [0.15, 0.2) is 12.7 Å². The van der Waals surface area contributed by atoms with E-state index in [2.05, 4.69) is 22.5 Å². The molecule has 3 aliphatic rings. The summed E-state index contributed by atoms with van der Waals surface area (Å²) < 4.78 is 4.26. The number of nitrogens with one attached hydrogen (secondary N) is 3. The number of ether oxygens (including phenoxy) is 1. The summed E-state index contributed by atoms with van der Waals surface area (Å²) in [5.41, 5.74) is -0.755. The first-order valence-corrected chi connectivity index (χ1v) is 15.9. The molecule has 236 valence electrons. The standard InChI is InChI=1S/C30H46Cl2N4O6/c1-6-8-15-20(24(37)26(39)33-16-9-7-2)34-25(38)23-21-19(30(21,31)32)17-36(23)27(40)22(18-13-11-10-12-14-18)35-28(41)42-29(3,4)5/h6,18-23H,1,7-17H2,2-5H3,(H,33,39)(H,34,38)(H,35,41)/t19-,20?,21-,22-,23-/m0/s1. The lowest BCUT2D eigenvalue weighted by Gasteiger charge is -2.36. The lowest BCUT2D eigenvalue weighted by Crippen LogP contribution is -2.60. The SMILES string of the molecule is C=CCCC(NC(=O)[C@@H]1[C@@H]2[C@H](CN1C(=O)[C@@H](NC(=O)OC(C)(C)C)C1CCCCC1)C2(Cl)Cl)C(=O)C(=O)NCCCC. The molecule has 10 nitrogen and oxygen atoms in total. The van der Waals surface area contributed by atoms with E-state index in [1.54, 1.807) is 26.8 Å². The number of alkyl carbamates (subject to hydrolysis) is 1. The summed E-state index contributed by atoms with van der Waals surface area (Å²) in [6.07, 6.45) is 7.44. The Bertz CT molecular complexity index is 1040. The van der Waals surface area contributed by atoms with Gasteiger partial charge < -0.3 is 25.6 Å². The summed E-state index contributed by atoms with van der Waals surface area (Å²) in [4.78, 5) is 67.7. The first-order chi connectivity index (χ1) is 19.7. The Morgan fingerprint density at radius 3 is 2.36 bits per heavy atom. The van der Waals surface area contributed by atoms with Crippen LogP contribution in [0.1, 0.15) is 85.5 Å². The predicted octanol–water partition coefficient (Wildman–Crippen LogP) is 4.03. The van der Waals surface area contributed by atoms with E-state index in [4.69, 9.17) is 27.9 Å². The van der Waals surface area contributed by atoms with E-state index >= 15 is 0 Å². The molecule has 2 saturated carbocycles. The number of ketones is 1. The van der Waals surface area contributed by atoms with Crippen LogP contribution in [0, 0.1) is 17.8 Å². The van der Waals surface area contributed by atoms with Gasteiger partial charge in [-0.25, -0.2) is 4.79 Å². The van der Waals surface area contributed by atoms with Gasteiger partial charge in [0.2, 0.25) is 17.6 Å². The molecule has 0 aromatic carbocycles. The highest BCUT2D eigenvalue weighted by Crippen LogP contribution is 2.65. The number of likely N-dealkylation sites (tertiary alicyclic amines) is 1. The highest BCUT2D eigenvalue weighted by Gasteiger charge is 2.74. The van der Waals surface area contributed by atoms with E-state index in [1.165, 1.54) is 4.90 Å². The van der Waals surface area contributed by atoms with Crippen LogP contribution in [0.2, 0.25) is 0 Å². The molecular weight excluding hydrogens is 583 g/mol. The average molecular weight is 630 g/mol. The largest absolute Gasteiger partial charge is 0.444 e. The van der Waals surface area contributed by atoms with Crippen molar-refractivity contribution in [2.24, 2.45) is 17.8 Å². The third-order valence-electron chi connectivity index (χ3n) is 8.28. The van der Waals surface area contributed by atoms with Gasteiger partial charge in [0.1, 0.15) is 22.0 Å². The Morgan fingerprint density at radius 2 is 1.76 bits per heavy atom. The maximum absolute atomic E-state index is 14.1. The van der Waals surface area contributed by atoms with Crippen molar-refractivity contribution in [1.29, 1.82) is 0 Å². The number of amides is 4. The zero-order chi connectivity index (χ0) is 31.2. The molecule has 0 aromatic heterocycles. The van der Waals surface area contributed by atoms with Crippen LogP contribution in [0.4, 0.5) is 4.79 Å². The molecular formula is C30H46Cl2N4O6. The number of Topliss-reactive ketones (excluding diaryl/α,β-unsaturated/α-hetero) is 1. The summed E-state index contributed by atoms with van der Waals surface area (Å²) in [6, 6.07) is -3.07. The molecule has 5 atom stereocenters. The van der Waals surface area contributed by atoms with Gasteiger partial charge in [0, 0.05) is 24.9 Å². The highest BCUT2D eigenvalue weighted by molar-refractivity contribution is 6.51. The van der Waals surface area contributed by atoms with Crippen LogP contribution >= 0.6 is 23.2 Å². The molecule has 0 spiro atoms. The van der Waals surface area contributed by atoms with E-state index in [-0.39, 0.29) is 24.8 Å². The Kier molecular flexibility index (Phi) is 11.7. The molecule has 0 bridgehead atoms. The number of rotatable bonds is 13. The van der Waals surface area contributed by atoms with E-state index < -0.39 is 63.6 Å². The number of halogens is 2. The van der Waals surface area contributed by atoms with Crippen molar-refractivity contribution in [3.05, 3.63) is 12.7 Å². The number of alkyl halides is 2. The molecule has 4 amide bonds. The fraction of sp³-hybridized carbons (Fsp3) is 0.767. The maximum atomic E-state index is 14.1. The first-order valence-electron chi connectivity index (χ1n) is 15.1. The van der Waals surface area contributed by atoms with E-state index in [1.807, 2.05) is 6.92 Å². The van der Waals surface area contributed by atoms with Crippen LogP contribution in [0.5, 0.6) is 0 Å². The van der Waals surface area contributed by atoms with Gasteiger partial charge in [-0.15, -0.1) is 29.8 Å². The molecule has 3 rings (SSSR count). The minimum Gasteiger partial charge on any atom is -0.444 e. The molecule has 3 N–H and O–H groups in total. The van der Waals surface area contributed by atoms with Gasteiger partial charge in [0.15, 0.2) is 0 Å². The topological polar surface area (TPSA) is 134 Å². The molecule has 1 saturated heterocycles. The number of nitrogens with zero attached hydrogens (tertiary/aromatic N) is 1. The summed E-state index contributed by atoms with van der Waals surface area (Å²) in [6.45, 7) is 11.4. The smallest absolute Gasteiger partial charge is 0.408 e. The summed E-state index contributed by atoms with van der Waals surface area (Å²) in [7, 11) is 0. The Balaban J connectivity index is 1.83. The second-order valence-electron chi connectivity index (χ2n) is 12.7. The number of piperidine rings is 1. The number of hydrogen-bond donors (Lipinski definition) is 3. The third-order valence-corrected chi connectivity index (χ3v) is 9.34. The van der Waals surface area contributed by atoms with E-state index in [9.17, 15) is 24.0 Å². The quantitative estimate of drug-likeness (QED) is 0.122. The van der Waals surface area contributed by atoms with Gasteiger partial charge in [-0.05, 0) is 58.8 Å². The molecule has 2 aliphatic carbocycles. The minimum atomic E-state index is -1.20. The molecule has 1 aliphatic heterocycles. The van der Waals surface area contributed by atoms with Crippen molar-refractivity contribution in [2.45, 2.75) is 114 Å². The Hall–Kier alpha value is -2.33. The van der Waals surface area contributed by atoms with Gasteiger partial charge in [-0.1, -0.05) is 38.7 Å². The minimum absolute atomic E-state index is 0.120. The molecule has 12 heteroatoms. The highest BCUT2D eigenvalue weighted by atomic mass is 35.5. The zero-order valence-corrected chi connectivity index (χ0v) is 26.7. The summed E-state index contributed by atoms with van der Waals surface area (Å²) in [5.74, 6) is -3.56. The number of unbranched alkanes of at least 4 members (excludes halogenated alkanes) is 1. The second kappa shape index (κ2) is 14.4. The van der Waals surface area contributed by atoms with Crippen LogP contribution in [0.3, 0.4) is 0 Å². The lowest BCUT2D eigenvalue weighted by molar-refractivity contribution is -0.144. The van der Waals surface area contributed by atoms with E-state index in [0.29, 0.717) is 13.0 Å². The summed E-state index contributed by atoms with van der Waals surface area (Å²) >= 11 is 13.0. The fourth-order valence-corrected chi connectivity index (χ4v) is 6.86. The van der Waals surface area contributed by atoms with Crippen molar-refractivity contribution < 1.29 is 28.7 Å². The lowest BCUT2D eigenvalue weighted by atomic mass is 9.83. The van der Waals surface area contributed by atoms with E-state index in [0.717, 1.165) is 44.9 Å². The van der Waals surface area contributed by atoms with Crippen molar-refractivity contribution >= 4 is 52.8 Å². The third kappa shape index (κ3) is 8.40. The number of hydrogen-bond acceptors (Lipinski definition) is 6. The number of allylic oxidation sites excluding steroid dienone is 1. The van der Waals surface area contributed by atoms with Crippen LogP contribution in [0.25, 0.3) is 0 Å². The van der Waals surface area contributed by atoms with Crippen molar-refractivity contribution in [3.8, 4) is 0 Å². The monoisotopic (exact) mass is 628 g/mol. The molecule has 42 heavy (non-hydrogen) atoms. The first kappa shape index (κ1) is 34.2. The van der Waals surface area contributed by atoms with Gasteiger partial charge in [0.05, 0.1) is 6.04 Å². The van der Waals surface area contributed by atoms with Crippen molar-refractivity contribution in [3.63, 3.8) is 0 Å². The molecule has 3 fully saturated rings. The van der Waals surface area contributed by atoms with Crippen LogP contribution < -0.4 is 16.0 Å². The van der Waals surface area contributed by atoms with Gasteiger partial charge in [-0.2, -0.15) is 0 Å². The van der Waals surface area contributed by atoms with Gasteiger partial charge in [-0.3, -0.25) is 19.2 Å². The zero-order valence-electron chi connectivity index (χ0n) is 25.2. The van der Waals surface area contributed by atoms with Crippen molar-refractivity contribution in [2.75, 3.05) is 13.1 Å². The molecule has 0 aromatic rings. The fourth-order valence-electron chi connectivity index (χ4n) is 6.03. The number of carbonyl (C=O) groups is 5. The molecule has 1 unspecified atom stereocenters. The van der Waals surface area contributed by atoms with Gasteiger partial charge in [0.25, 0.3) is 5.91 Å². The van der Waals surface area contributed by atoms with Gasteiger partial charge >= 0.3 is 6.09 Å². The normalized spacial score (nSPS) is 24.5. The van der Waals surface area contributed by atoms with Crippen molar-refractivity contribution in [1.82, 2.24) is 20.9 Å². The number of carbonyl (C=O) groups excluding carboxylic acids is 5. The molecule has 1 heterocycles. The Labute approximate surface area is 259 Å². The van der Waals surface area contributed by atoms with Crippen LogP contribution in [-0.2, 0) is 23.9 Å². The predicted molar refractivity (Wildman–Crippen MR) is 161 cm³/mol. The number of fused-ring (bicyclic) bond motifs is 1. The molecule has 0 radical (unpaired) electrons. The maximum Gasteiger partial charge on any atom is 0.408 e. The van der Waals surface area contributed by atoms with Crippen LogP contribution in [-0.4, -0.2) is 75.6 Å². The second-order valence-corrected chi connectivity index (χ2v) is 14.1. The summed E-state index contributed by atoms with van der Waals surface area (Å²) in [5, 5.41) is 8.10. The average Bonchev–Trinajstić information content (AvgIpc) is 3.24.